The molecule has 7 nitrogen and oxygen atoms in total. The average Bonchev–Trinajstić information content (AvgIpc) is 3.40. The van der Waals surface area contributed by atoms with Crippen LogP contribution in [0.3, 0.4) is 0 Å². The lowest BCUT2D eigenvalue weighted by atomic mass is 9.96. The molecule has 1 saturated heterocycles. The summed E-state index contributed by atoms with van der Waals surface area (Å²) in [5, 5.41) is 3.69. The first-order chi connectivity index (χ1) is 16.6. The van der Waals surface area contributed by atoms with Gasteiger partial charge in [0.2, 0.25) is 5.91 Å². The molecule has 1 atom stereocenters. The highest BCUT2D eigenvalue weighted by Gasteiger charge is 2.27. The fraction of sp³-hybridized carbons (Fsp3) is 0.385. The van der Waals surface area contributed by atoms with Crippen LogP contribution in [0.25, 0.3) is 5.82 Å². The molecule has 0 bridgehead atoms. The molecule has 178 valence electrons. The number of benzene rings is 1. The molecule has 1 fully saturated rings. The topological polar surface area (TPSA) is 68.6 Å². The predicted molar refractivity (Wildman–Crippen MR) is 131 cm³/mol. The molecule has 0 saturated carbocycles. The fourth-order valence-electron chi connectivity index (χ4n) is 4.52. The van der Waals surface area contributed by atoms with Crippen LogP contribution in [-0.4, -0.2) is 59.2 Å². The Bertz CT molecular complexity index is 1100. The maximum atomic E-state index is 12.4. The fourth-order valence-corrected chi connectivity index (χ4v) is 4.73. The number of rotatable bonds is 7. The molecule has 2 aliphatic rings. The highest BCUT2D eigenvalue weighted by atomic mass is 35.5. The van der Waals surface area contributed by atoms with E-state index in [0.29, 0.717) is 42.0 Å². The van der Waals surface area contributed by atoms with E-state index in [0.717, 1.165) is 43.9 Å². The summed E-state index contributed by atoms with van der Waals surface area (Å²) in [4.78, 5) is 19.3. The molecule has 1 unspecified atom stereocenters. The second-order valence-corrected chi connectivity index (χ2v) is 9.36. The third kappa shape index (κ3) is 5.54. The predicted octanol–water partition coefficient (Wildman–Crippen LogP) is 3.74. The van der Waals surface area contributed by atoms with Crippen molar-refractivity contribution in [2.24, 2.45) is 5.92 Å². The molecule has 5 rings (SSSR count). The number of halogens is 1. The van der Waals surface area contributed by atoms with Crippen molar-refractivity contribution in [1.82, 2.24) is 19.8 Å². The van der Waals surface area contributed by atoms with E-state index in [2.05, 4.69) is 15.2 Å². The first-order valence-corrected chi connectivity index (χ1v) is 12.2. The van der Waals surface area contributed by atoms with Crippen molar-refractivity contribution >= 4 is 17.5 Å². The number of likely N-dealkylation sites (tertiary alicyclic amines) is 1. The molecular weight excluding hydrogens is 452 g/mol. The van der Waals surface area contributed by atoms with Crippen molar-refractivity contribution in [3.8, 4) is 17.3 Å². The Morgan fingerprint density at radius 2 is 1.94 bits per heavy atom. The lowest BCUT2D eigenvalue weighted by Gasteiger charge is -2.35. The molecule has 34 heavy (non-hydrogen) atoms. The van der Waals surface area contributed by atoms with Gasteiger partial charge < -0.3 is 19.4 Å². The molecule has 0 aliphatic carbocycles. The number of carbonyl (C=O) groups excluding carboxylic acids is 1. The van der Waals surface area contributed by atoms with Crippen LogP contribution in [0.2, 0.25) is 5.02 Å². The minimum Gasteiger partial charge on any atom is -0.486 e. The van der Waals surface area contributed by atoms with Crippen LogP contribution in [0.1, 0.15) is 18.4 Å². The summed E-state index contributed by atoms with van der Waals surface area (Å²) in [6.07, 6.45) is 8.10. The van der Waals surface area contributed by atoms with Crippen molar-refractivity contribution in [3.63, 3.8) is 0 Å². The Kier molecular flexibility index (Phi) is 7.02. The van der Waals surface area contributed by atoms with E-state index in [4.69, 9.17) is 21.1 Å². The number of nitrogens with zero attached hydrogens (tertiary/aromatic N) is 3. The first kappa shape index (κ1) is 22.7. The van der Waals surface area contributed by atoms with Gasteiger partial charge in [0.25, 0.3) is 0 Å². The summed E-state index contributed by atoms with van der Waals surface area (Å²) in [6, 6.07) is 13.4. The minimum absolute atomic E-state index is 0.0267. The molecule has 1 aromatic carbocycles. The van der Waals surface area contributed by atoms with Crippen LogP contribution in [0.5, 0.6) is 11.5 Å². The number of hydrogen-bond acceptors (Lipinski definition) is 5. The number of ether oxygens (including phenoxy) is 2. The quantitative estimate of drug-likeness (QED) is 0.558. The largest absolute Gasteiger partial charge is 0.486 e. The lowest BCUT2D eigenvalue weighted by Crippen LogP contribution is -2.45. The van der Waals surface area contributed by atoms with Crippen LogP contribution in [0.4, 0.5) is 0 Å². The third-order valence-corrected chi connectivity index (χ3v) is 6.74. The Morgan fingerprint density at radius 3 is 2.71 bits per heavy atom. The smallest absolute Gasteiger partial charge is 0.224 e. The van der Waals surface area contributed by atoms with E-state index in [1.165, 1.54) is 0 Å². The lowest BCUT2D eigenvalue weighted by molar-refractivity contribution is -0.120. The molecule has 4 heterocycles. The molecule has 3 aromatic rings. The molecule has 1 N–H and O–H groups in total. The van der Waals surface area contributed by atoms with Gasteiger partial charge in [0.15, 0.2) is 11.5 Å². The normalized spacial score (nSPS) is 18.6. The van der Waals surface area contributed by atoms with Gasteiger partial charge in [0, 0.05) is 31.7 Å². The zero-order chi connectivity index (χ0) is 23.3. The monoisotopic (exact) mass is 480 g/mol. The summed E-state index contributed by atoms with van der Waals surface area (Å²) in [6.45, 7) is 4.04. The number of carbonyl (C=O) groups is 1. The molecule has 0 spiro atoms. The maximum absolute atomic E-state index is 12.4. The number of hydrogen-bond donors (Lipinski definition) is 1. The standard InChI is InChI=1S/C26H29ClN4O3/c27-22-4-3-5-23-26(22)34-21(18-33-23)17-30-12-8-19(9-13-30)15-29-25(32)14-20-6-7-24(28-16-20)31-10-1-2-11-31/h1-7,10-11,16,19,21H,8-9,12-15,17-18H2,(H,29,32). The second kappa shape index (κ2) is 10.5. The van der Waals surface area contributed by atoms with Crippen LogP contribution in [0, 0.1) is 5.92 Å². The summed E-state index contributed by atoms with van der Waals surface area (Å²) < 4.78 is 13.9. The summed E-state index contributed by atoms with van der Waals surface area (Å²) in [5.74, 6) is 2.74. The van der Waals surface area contributed by atoms with Gasteiger partial charge in [-0.25, -0.2) is 4.98 Å². The van der Waals surface area contributed by atoms with Gasteiger partial charge >= 0.3 is 0 Å². The molecule has 2 aromatic heterocycles. The number of para-hydroxylation sites is 1. The molecule has 8 heteroatoms. The van der Waals surface area contributed by atoms with E-state index in [-0.39, 0.29) is 12.0 Å². The molecular formula is C26H29ClN4O3. The van der Waals surface area contributed by atoms with Gasteiger partial charge in [-0.2, -0.15) is 0 Å². The number of piperidine rings is 1. The molecule has 1 amide bonds. The van der Waals surface area contributed by atoms with E-state index < -0.39 is 0 Å². The van der Waals surface area contributed by atoms with Gasteiger partial charge in [-0.05, 0) is 67.7 Å². The molecule has 2 aliphatic heterocycles. The van der Waals surface area contributed by atoms with Crippen molar-refractivity contribution < 1.29 is 14.3 Å². The maximum Gasteiger partial charge on any atom is 0.224 e. The Morgan fingerprint density at radius 1 is 1.12 bits per heavy atom. The van der Waals surface area contributed by atoms with Crippen LogP contribution >= 0.6 is 11.6 Å². The summed E-state index contributed by atoms with van der Waals surface area (Å²) in [7, 11) is 0. The third-order valence-electron chi connectivity index (χ3n) is 6.44. The van der Waals surface area contributed by atoms with E-state index in [1.807, 2.05) is 59.4 Å². The van der Waals surface area contributed by atoms with Gasteiger partial charge in [0.1, 0.15) is 18.5 Å². The number of pyridine rings is 1. The van der Waals surface area contributed by atoms with Crippen LogP contribution < -0.4 is 14.8 Å². The molecule has 0 radical (unpaired) electrons. The summed E-state index contributed by atoms with van der Waals surface area (Å²) in [5.41, 5.74) is 0.916. The zero-order valence-electron chi connectivity index (χ0n) is 19.0. The minimum atomic E-state index is -0.0267. The Balaban J connectivity index is 1.02. The highest BCUT2D eigenvalue weighted by molar-refractivity contribution is 6.32. The zero-order valence-corrected chi connectivity index (χ0v) is 19.8. The Labute approximate surface area is 204 Å². The number of amides is 1. The van der Waals surface area contributed by atoms with Crippen molar-refractivity contribution in [2.45, 2.75) is 25.4 Å². The van der Waals surface area contributed by atoms with Gasteiger partial charge in [-0.1, -0.05) is 23.7 Å². The van der Waals surface area contributed by atoms with Gasteiger partial charge in [0.05, 0.1) is 11.4 Å². The van der Waals surface area contributed by atoms with E-state index in [9.17, 15) is 4.79 Å². The Hall–Kier alpha value is -3.03. The van der Waals surface area contributed by atoms with Crippen molar-refractivity contribution in [3.05, 3.63) is 71.6 Å². The van der Waals surface area contributed by atoms with Crippen molar-refractivity contribution in [1.29, 1.82) is 0 Å². The van der Waals surface area contributed by atoms with E-state index in [1.54, 1.807) is 6.20 Å². The van der Waals surface area contributed by atoms with Crippen LogP contribution in [0.15, 0.2) is 61.1 Å². The number of fused-ring (bicyclic) bond motifs is 1. The number of aromatic nitrogens is 2. The van der Waals surface area contributed by atoms with Gasteiger partial charge in [-0.15, -0.1) is 0 Å². The average molecular weight is 481 g/mol. The SMILES string of the molecule is O=C(Cc1ccc(-n2cccc2)nc1)NCC1CCN(CC2COc3cccc(Cl)c3O2)CC1. The van der Waals surface area contributed by atoms with E-state index >= 15 is 0 Å². The second-order valence-electron chi connectivity index (χ2n) is 8.96. The number of nitrogens with one attached hydrogen (secondary N) is 1. The van der Waals surface area contributed by atoms with Crippen molar-refractivity contribution in [2.75, 3.05) is 32.8 Å². The summed E-state index contributed by atoms with van der Waals surface area (Å²) >= 11 is 6.25. The van der Waals surface area contributed by atoms with Crippen LogP contribution in [-0.2, 0) is 11.2 Å². The first-order valence-electron chi connectivity index (χ1n) is 11.8. The van der Waals surface area contributed by atoms with Gasteiger partial charge in [-0.3, -0.25) is 9.69 Å². The highest BCUT2D eigenvalue weighted by Crippen LogP contribution is 2.38.